The van der Waals surface area contributed by atoms with Gasteiger partial charge in [0.05, 0.1) is 9.83 Å². The molecule has 0 saturated carbocycles. The molecular formula is C18H12N2O3S2. The van der Waals surface area contributed by atoms with Crippen LogP contribution in [0.4, 0.5) is 11.4 Å². The Hall–Kier alpha value is -2.77. The van der Waals surface area contributed by atoms with Gasteiger partial charge in [0.25, 0.3) is 11.6 Å². The minimum absolute atomic E-state index is 0.153. The Bertz CT molecular complexity index is 908. The molecule has 5 nitrogen and oxygen atoms in total. The summed E-state index contributed by atoms with van der Waals surface area (Å²) in [7, 11) is 0. The molecule has 1 aliphatic rings. The SMILES string of the molecule is O=C1/C(=C/C=C\c2ccccc2)SC(=S)N1c1ccccc1[N+](=O)[O-]. The number of nitro groups is 1. The Labute approximate surface area is 153 Å². The van der Waals surface area contributed by atoms with Crippen molar-refractivity contribution >= 4 is 51.7 Å². The number of para-hydroxylation sites is 2. The van der Waals surface area contributed by atoms with Gasteiger partial charge in [0.15, 0.2) is 4.32 Å². The lowest BCUT2D eigenvalue weighted by Crippen LogP contribution is -2.28. The highest BCUT2D eigenvalue weighted by Crippen LogP contribution is 2.38. The molecule has 1 saturated heterocycles. The van der Waals surface area contributed by atoms with E-state index in [1.165, 1.54) is 17.0 Å². The summed E-state index contributed by atoms with van der Waals surface area (Å²) in [6.45, 7) is 0. The molecule has 1 heterocycles. The molecule has 1 aliphatic heterocycles. The van der Waals surface area contributed by atoms with Crippen LogP contribution in [0.5, 0.6) is 0 Å². The molecule has 2 aromatic rings. The maximum absolute atomic E-state index is 12.6. The van der Waals surface area contributed by atoms with Gasteiger partial charge < -0.3 is 0 Å². The molecule has 0 radical (unpaired) electrons. The number of hydrogen-bond donors (Lipinski definition) is 0. The van der Waals surface area contributed by atoms with Gasteiger partial charge >= 0.3 is 0 Å². The van der Waals surface area contributed by atoms with E-state index in [4.69, 9.17) is 12.2 Å². The number of amides is 1. The fraction of sp³-hybridized carbons (Fsp3) is 0. The maximum Gasteiger partial charge on any atom is 0.293 e. The lowest BCUT2D eigenvalue weighted by atomic mass is 10.2. The molecule has 7 heteroatoms. The van der Waals surface area contributed by atoms with Crippen molar-refractivity contribution in [1.29, 1.82) is 0 Å². The van der Waals surface area contributed by atoms with Crippen LogP contribution in [0.2, 0.25) is 0 Å². The molecule has 3 rings (SSSR count). The van der Waals surface area contributed by atoms with Crippen molar-refractivity contribution in [3.8, 4) is 0 Å². The average Bonchev–Trinajstić information content (AvgIpc) is 2.89. The predicted octanol–water partition coefficient (Wildman–Crippen LogP) is 4.56. The van der Waals surface area contributed by atoms with Gasteiger partial charge in [-0.1, -0.05) is 78.6 Å². The highest BCUT2D eigenvalue weighted by atomic mass is 32.2. The summed E-state index contributed by atoms with van der Waals surface area (Å²) in [5.41, 5.74) is 1.04. The molecule has 0 spiro atoms. The molecular weight excluding hydrogens is 356 g/mol. The largest absolute Gasteiger partial charge is 0.293 e. The molecule has 1 fully saturated rings. The van der Waals surface area contributed by atoms with Crippen LogP contribution in [0.15, 0.2) is 71.7 Å². The highest BCUT2D eigenvalue weighted by molar-refractivity contribution is 8.27. The lowest BCUT2D eigenvalue weighted by molar-refractivity contribution is -0.384. The van der Waals surface area contributed by atoms with E-state index in [1.807, 2.05) is 36.4 Å². The number of hydrogen-bond acceptors (Lipinski definition) is 5. The summed E-state index contributed by atoms with van der Waals surface area (Å²) in [6, 6.07) is 15.7. The number of thioether (sulfide) groups is 1. The first-order valence-corrected chi connectivity index (χ1v) is 8.53. The topological polar surface area (TPSA) is 63.5 Å². The quantitative estimate of drug-likeness (QED) is 0.343. The monoisotopic (exact) mass is 368 g/mol. The van der Waals surface area contributed by atoms with Gasteiger partial charge in [-0.25, -0.2) is 0 Å². The van der Waals surface area contributed by atoms with E-state index in [9.17, 15) is 14.9 Å². The smallest absolute Gasteiger partial charge is 0.268 e. The maximum atomic E-state index is 12.6. The zero-order valence-electron chi connectivity index (χ0n) is 12.9. The van der Waals surface area contributed by atoms with Crippen LogP contribution in [0.25, 0.3) is 6.08 Å². The second-order valence-corrected chi connectivity index (χ2v) is 6.73. The number of benzene rings is 2. The molecule has 0 aromatic heterocycles. The first-order chi connectivity index (χ1) is 12.1. The Morgan fingerprint density at radius 3 is 2.48 bits per heavy atom. The van der Waals surface area contributed by atoms with Crippen LogP contribution in [0.3, 0.4) is 0 Å². The number of nitrogens with zero attached hydrogens (tertiary/aromatic N) is 2. The van der Waals surface area contributed by atoms with Crippen molar-refractivity contribution in [3.63, 3.8) is 0 Å². The van der Waals surface area contributed by atoms with Gasteiger partial charge in [-0.2, -0.15) is 0 Å². The third kappa shape index (κ3) is 3.67. The molecule has 25 heavy (non-hydrogen) atoms. The van der Waals surface area contributed by atoms with E-state index in [1.54, 1.807) is 24.3 Å². The third-order valence-electron chi connectivity index (χ3n) is 3.45. The van der Waals surface area contributed by atoms with E-state index >= 15 is 0 Å². The fourth-order valence-corrected chi connectivity index (χ4v) is 3.54. The first kappa shape index (κ1) is 17.1. The predicted molar refractivity (Wildman–Crippen MR) is 104 cm³/mol. The second-order valence-electron chi connectivity index (χ2n) is 5.06. The number of carbonyl (C=O) groups excluding carboxylic acids is 1. The van der Waals surface area contributed by atoms with E-state index in [2.05, 4.69) is 0 Å². The van der Waals surface area contributed by atoms with Crippen molar-refractivity contribution in [2.24, 2.45) is 0 Å². The van der Waals surface area contributed by atoms with E-state index in [0.29, 0.717) is 4.91 Å². The van der Waals surface area contributed by atoms with E-state index in [0.717, 1.165) is 17.3 Å². The van der Waals surface area contributed by atoms with Crippen LogP contribution in [-0.2, 0) is 4.79 Å². The summed E-state index contributed by atoms with van der Waals surface area (Å²) in [5, 5.41) is 11.2. The Morgan fingerprint density at radius 2 is 1.76 bits per heavy atom. The second kappa shape index (κ2) is 7.42. The summed E-state index contributed by atoms with van der Waals surface area (Å²) in [5.74, 6) is -0.359. The highest BCUT2D eigenvalue weighted by Gasteiger charge is 2.36. The summed E-state index contributed by atoms with van der Waals surface area (Å²) >= 11 is 6.37. The molecule has 0 unspecified atom stereocenters. The van der Waals surface area contributed by atoms with Gasteiger partial charge in [-0.3, -0.25) is 19.8 Å². The van der Waals surface area contributed by atoms with Crippen LogP contribution in [0.1, 0.15) is 5.56 Å². The number of rotatable bonds is 4. The van der Waals surface area contributed by atoms with Crippen LogP contribution >= 0.6 is 24.0 Å². The van der Waals surface area contributed by atoms with Gasteiger partial charge in [0.2, 0.25) is 0 Å². The zero-order chi connectivity index (χ0) is 17.8. The van der Waals surface area contributed by atoms with Crippen molar-refractivity contribution in [3.05, 3.63) is 87.3 Å². The number of nitro benzene ring substituents is 1. The van der Waals surface area contributed by atoms with Crippen LogP contribution in [-0.4, -0.2) is 15.2 Å². The van der Waals surface area contributed by atoms with E-state index in [-0.39, 0.29) is 21.6 Å². The standard InChI is InChI=1S/C18H12N2O3S2/c21-17-16(12-6-9-13-7-2-1-3-8-13)25-18(24)19(17)14-10-4-5-11-15(14)20(22)23/h1-12H/b9-6-,16-12-. The minimum Gasteiger partial charge on any atom is -0.268 e. The van der Waals surface area contributed by atoms with Crippen LogP contribution < -0.4 is 4.90 Å². The zero-order valence-corrected chi connectivity index (χ0v) is 14.5. The number of anilines is 1. The van der Waals surface area contributed by atoms with Gasteiger partial charge in [-0.15, -0.1) is 0 Å². The first-order valence-electron chi connectivity index (χ1n) is 7.31. The Balaban J connectivity index is 1.87. The molecule has 0 atom stereocenters. The summed E-state index contributed by atoms with van der Waals surface area (Å²) in [6.07, 6.45) is 5.31. The van der Waals surface area contributed by atoms with Gasteiger partial charge in [0.1, 0.15) is 5.69 Å². The molecule has 0 aliphatic carbocycles. The number of allylic oxidation sites excluding steroid dienone is 2. The van der Waals surface area contributed by atoms with Crippen molar-refractivity contribution in [2.75, 3.05) is 4.90 Å². The third-order valence-corrected chi connectivity index (χ3v) is 4.77. The summed E-state index contributed by atoms with van der Waals surface area (Å²) < 4.78 is 0.277. The molecule has 1 amide bonds. The lowest BCUT2D eigenvalue weighted by Gasteiger charge is -2.14. The Kier molecular flexibility index (Phi) is 5.06. The number of thiocarbonyl (C=S) groups is 1. The molecule has 2 aromatic carbocycles. The minimum atomic E-state index is -0.521. The van der Waals surface area contributed by atoms with Crippen molar-refractivity contribution in [2.45, 2.75) is 0 Å². The van der Waals surface area contributed by atoms with Crippen molar-refractivity contribution < 1.29 is 9.72 Å². The van der Waals surface area contributed by atoms with Crippen molar-refractivity contribution in [1.82, 2.24) is 0 Å². The number of carbonyl (C=O) groups is 1. The Morgan fingerprint density at radius 1 is 1.08 bits per heavy atom. The van der Waals surface area contributed by atoms with Gasteiger partial charge in [0, 0.05) is 6.07 Å². The molecule has 124 valence electrons. The normalized spacial score (nSPS) is 16.2. The fourth-order valence-electron chi connectivity index (χ4n) is 2.31. The van der Waals surface area contributed by atoms with Gasteiger partial charge in [-0.05, 0) is 17.7 Å². The summed E-state index contributed by atoms with van der Waals surface area (Å²) in [4.78, 5) is 24.9. The molecule has 0 bridgehead atoms. The van der Waals surface area contributed by atoms with E-state index < -0.39 is 4.92 Å². The average molecular weight is 368 g/mol. The molecule has 0 N–H and O–H groups in total. The van der Waals surface area contributed by atoms with Crippen LogP contribution in [0, 0.1) is 10.1 Å².